The number of rotatable bonds is 4. The molecule has 1 aromatic carbocycles. The molecule has 2 rings (SSSR count). The van der Waals surface area contributed by atoms with Gasteiger partial charge in [-0.2, -0.15) is 5.26 Å². The van der Waals surface area contributed by atoms with Gasteiger partial charge in [0.1, 0.15) is 0 Å². The van der Waals surface area contributed by atoms with E-state index in [0.717, 1.165) is 18.9 Å². The lowest BCUT2D eigenvalue weighted by molar-refractivity contribution is -0.386. The Labute approximate surface area is 121 Å². The van der Waals surface area contributed by atoms with Gasteiger partial charge in [0.05, 0.1) is 16.6 Å². The third-order valence-electron chi connectivity index (χ3n) is 3.35. The number of hydrogen-bond donors (Lipinski definition) is 0. The van der Waals surface area contributed by atoms with Crippen molar-refractivity contribution in [2.75, 3.05) is 13.1 Å². The van der Waals surface area contributed by atoms with Crippen LogP contribution in [0, 0.1) is 21.4 Å². The van der Waals surface area contributed by atoms with Gasteiger partial charge in [0.25, 0.3) is 5.91 Å². The number of nitrogens with zero attached hydrogens (tertiary/aromatic N) is 3. The Balaban J connectivity index is 2.16. The predicted octanol–water partition coefficient (Wildman–Crippen LogP) is 1.86. The molecule has 21 heavy (non-hydrogen) atoms. The van der Waals surface area contributed by atoms with Gasteiger partial charge < -0.3 is 9.64 Å². The van der Waals surface area contributed by atoms with Crippen LogP contribution >= 0.6 is 0 Å². The molecule has 0 saturated carbocycles. The number of benzene rings is 1. The maximum atomic E-state index is 12.1. The summed E-state index contributed by atoms with van der Waals surface area (Å²) in [7, 11) is 0. The number of nitro benzene ring substituents is 1. The van der Waals surface area contributed by atoms with Crippen molar-refractivity contribution in [2.24, 2.45) is 0 Å². The van der Waals surface area contributed by atoms with Crippen LogP contribution in [0.5, 0.6) is 5.75 Å². The molecular weight excluding hydrogens is 274 g/mol. The van der Waals surface area contributed by atoms with Gasteiger partial charge in [-0.05, 0) is 31.9 Å². The van der Waals surface area contributed by atoms with Gasteiger partial charge in [-0.3, -0.25) is 14.9 Å². The van der Waals surface area contributed by atoms with Gasteiger partial charge in [-0.25, -0.2) is 0 Å². The van der Waals surface area contributed by atoms with Gasteiger partial charge in [-0.1, -0.05) is 0 Å². The second-order valence-electron chi connectivity index (χ2n) is 4.84. The van der Waals surface area contributed by atoms with Crippen molar-refractivity contribution < 1.29 is 14.5 Å². The second kappa shape index (κ2) is 6.22. The highest BCUT2D eigenvalue weighted by molar-refractivity contribution is 5.81. The summed E-state index contributed by atoms with van der Waals surface area (Å²) in [6.07, 6.45) is 1.14. The van der Waals surface area contributed by atoms with Crippen LogP contribution in [-0.2, 0) is 4.79 Å². The number of nitro groups is 1. The zero-order valence-corrected chi connectivity index (χ0v) is 11.6. The standard InChI is InChI=1S/C14H15N3O4/c1-10(14(18)16-6-2-3-7-16)21-13-5-4-11(9-15)8-12(13)17(19)20/h4-5,8,10H,2-3,6-7H2,1H3. The first-order chi connectivity index (χ1) is 10.0. The van der Waals surface area contributed by atoms with E-state index in [1.54, 1.807) is 11.8 Å². The molecule has 0 aromatic heterocycles. The van der Waals surface area contributed by atoms with Crippen molar-refractivity contribution >= 4 is 11.6 Å². The van der Waals surface area contributed by atoms with Crippen molar-refractivity contribution in [3.8, 4) is 11.8 Å². The van der Waals surface area contributed by atoms with Crippen molar-refractivity contribution in [3.63, 3.8) is 0 Å². The van der Waals surface area contributed by atoms with E-state index in [2.05, 4.69) is 0 Å². The molecule has 110 valence electrons. The van der Waals surface area contributed by atoms with Gasteiger partial charge in [0.2, 0.25) is 0 Å². The number of ether oxygens (including phenoxy) is 1. The summed E-state index contributed by atoms with van der Waals surface area (Å²) in [5, 5.41) is 19.8. The van der Waals surface area contributed by atoms with E-state index in [1.807, 2.05) is 6.07 Å². The molecule has 1 amide bonds. The monoisotopic (exact) mass is 289 g/mol. The summed E-state index contributed by atoms with van der Waals surface area (Å²) in [6, 6.07) is 5.75. The van der Waals surface area contributed by atoms with Crippen LogP contribution in [0.2, 0.25) is 0 Å². The fourth-order valence-corrected chi connectivity index (χ4v) is 2.26. The minimum absolute atomic E-state index is 0.000882. The summed E-state index contributed by atoms with van der Waals surface area (Å²) in [4.78, 5) is 24.2. The lowest BCUT2D eigenvalue weighted by atomic mass is 10.2. The zero-order chi connectivity index (χ0) is 15.4. The highest BCUT2D eigenvalue weighted by Crippen LogP contribution is 2.29. The molecule has 0 spiro atoms. The fourth-order valence-electron chi connectivity index (χ4n) is 2.26. The molecule has 1 aliphatic rings. The molecule has 1 aliphatic heterocycles. The average Bonchev–Trinajstić information content (AvgIpc) is 3.00. The Kier molecular flexibility index (Phi) is 4.38. The van der Waals surface area contributed by atoms with Crippen LogP contribution in [0.3, 0.4) is 0 Å². The largest absolute Gasteiger partial charge is 0.474 e. The predicted molar refractivity (Wildman–Crippen MR) is 73.7 cm³/mol. The van der Waals surface area contributed by atoms with E-state index >= 15 is 0 Å². The Bertz CT molecular complexity index is 603. The minimum atomic E-state index is -0.797. The van der Waals surface area contributed by atoms with Gasteiger partial charge in [-0.15, -0.1) is 0 Å². The molecule has 7 heteroatoms. The summed E-state index contributed by atoms with van der Waals surface area (Å²) >= 11 is 0. The van der Waals surface area contributed by atoms with E-state index in [9.17, 15) is 14.9 Å². The van der Waals surface area contributed by atoms with Gasteiger partial charge in [0.15, 0.2) is 11.9 Å². The van der Waals surface area contributed by atoms with E-state index < -0.39 is 11.0 Å². The topological polar surface area (TPSA) is 96.5 Å². The summed E-state index contributed by atoms with van der Waals surface area (Å²) in [5.74, 6) is -0.176. The van der Waals surface area contributed by atoms with Crippen LogP contribution in [0.4, 0.5) is 5.69 Å². The number of carbonyl (C=O) groups is 1. The van der Waals surface area contributed by atoms with Crippen molar-refractivity contribution in [1.82, 2.24) is 4.90 Å². The highest BCUT2D eigenvalue weighted by Gasteiger charge is 2.27. The average molecular weight is 289 g/mol. The van der Waals surface area contributed by atoms with E-state index in [4.69, 9.17) is 10.00 Å². The van der Waals surface area contributed by atoms with Crippen molar-refractivity contribution in [1.29, 1.82) is 5.26 Å². The van der Waals surface area contributed by atoms with Crippen LogP contribution in [0.1, 0.15) is 25.3 Å². The van der Waals surface area contributed by atoms with E-state index in [-0.39, 0.29) is 22.9 Å². The van der Waals surface area contributed by atoms with Crippen LogP contribution in [-0.4, -0.2) is 34.9 Å². The molecule has 0 aliphatic carbocycles. The van der Waals surface area contributed by atoms with Crippen LogP contribution in [0.15, 0.2) is 18.2 Å². The first-order valence-corrected chi connectivity index (χ1v) is 6.67. The zero-order valence-electron chi connectivity index (χ0n) is 11.6. The highest BCUT2D eigenvalue weighted by atomic mass is 16.6. The Hall–Kier alpha value is -2.62. The summed E-state index contributed by atoms with van der Waals surface area (Å²) in [6.45, 7) is 2.96. The first-order valence-electron chi connectivity index (χ1n) is 6.67. The quantitative estimate of drug-likeness (QED) is 0.622. The molecule has 1 atom stereocenters. The third kappa shape index (κ3) is 3.28. The molecule has 0 bridgehead atoms. The number of nitriles is 1. The van der Waals surface area contributed by atoms with Crippen molar-refractivity contribution in [3.05, 3.63) is 33.9 Å². The van der Waals surface area contributed by atoms with E-state index in [1.165, 1.54) is 12.1 Å². The molecule has 7 nitrogen and oxygen atoms in total. The molecule has 1 aromatic rings. The number of amides is 1. The lowest BCUT2D eigenvalue weighted by Crippen LogP contribution is -2.38. The van der Waals surface area contributed by atoms with Crippen molar-refractivity contribution in [2.45, 2.75) is 25.9 Å². The first kappa shape index (κ1) is 14.8. The van der Waals surface area contributed by atoms with Gasteiger partial charge >= 0.3 is 5.69 Å². The van der Waals surface area contributed by atoms with Crippen LogP contribution in [0.25, 0.3) is 0 Å². The molecule has 0 N–H and O–H groups in total. The molecule has 1 heterocycles. The fraction of sp³-hybridized carbons (Fsp3) is 0.429. The van der Waals surface area contributed by atoms with E-state index in [0.29, 0.717) is 13.1 Å². The Morgan fingerprint density at radius 2 is 2.14 bits per heavy atom. The Morgan fingerprint density at radius 3 is 2.71 bits per heavy atom. The molecule has 1 saturated heterocycles. The second-order valence-corrected chi connectivity index (χ2v) is 4.84. The lowest BCUT2D eigenvalue weighted by Gasteiger charge is -2.21. The maximum Gasteiger partial charge on any atom is 0.312 e. The molecule has 0 radical (unpaired) electrons. The SMILES string of the molecule is CC(Oc1ccc(C#N)cc1[N+](=O)[O-])C(=O)N1CCCC1. The van der Waals surface area contributed by atoms with Gasteiger partial charge in [0, 0.05) is 19.2 Å². The Morgan fingerprint density at radius 1 is 1.48 bits per heavy atom. The molecule has 1 fully saturated rings. The number of carbonyl (C=O) groups excluding carboxylic acids is 1. The molecule has 1 unspecified atom stereocenters. The smallest absolute Gasteiger partial charge is 0.312 e. The minimum Gasteiger partial charge on any atom is -0.474 e. The van der Waals surface area contributed by atoms with Crippen LogP contribution < -0.4 is 4.74 Å². The molecular formula is C14H15N3O4. The number of likely N-dealkylation sites (tertiary alicyclic amines) is 1. The number of hydrogen-bond acceptors (Lipinski definition) is 5. The summed E-state index contributed by atoms with van der Waals surface area (Å²) < 4.78 is 5.44. The normalized spacial score (nSPS) is 15.3. The third-order valence-corrected chi connectivity index (χ3v) is 3.35. The maximum absolute atomic E-state index is 12.1. The summed E-state index contributed by atoms with van der Waals surface area (Å²) in [5.41, 5.74) is -0.136.